The number of hydrogen-bond acceptors (Lipinski definition) is 4. The topological polar surface area (TPSA) is 68.7 Å². The van der Waals surface area contributed by atoms with E-state index in [9.17, 15) is 9.90 Å². The van der Waals surface area contributed by atoms with Crippen molar-refractivity contribution in [3.63, 3.8) is 0 Å². The predicted molar refractivity (Wildman–Crippen MR) is 94.6 cm³/mol. The number of aromatic nitrogens is 1. The molecule has 1 fully saturated rings. The van der Waals surface area contributed by atoms with E-state index < -0.39 is 0 Å². The number of urea groups is 1. The molecule has 0 bridgehead atoms. The van der Waals surface area contributed by atoms with Gasteiger partial charge in [0.15, 0.2) is 0 Å². The largest absolute Gasteiger partial charge is 0.393 e. The number of rotatable bonds is 6. The van der Waals surface area contributed by atoms with Gasteiger partial charge in [-0.2, -0.15) is 0 Å². The number of nitrogens with zero attached hydrogens (tertiary/aromatic N) is 3. The maximum absolute atomic E-state index is 12.3. The number of nitrogens with one attached hydrogen (secondary N) is 1. The van der Waals surface area contributed by atoms with Crippen molar-refractivity contribution in [2.45, 2.75) is 39.8 Å². The molecular formula is C18H30N4O2. The van der Waals surface area contributed by atoms with Crippen molar-refractivity contribution in [2.24, 2.45) is 5.41 Å². The highest BCUT2D eigenvalue weighted by atomic mass is 16.3. The highest BCUT2D eigenvalue weighted by Gasteiger charge is 2.25. The van der Waals surface area contributed by atoms with Crippen LogP contribution in [0.1, 0.15) is 32.9 Å². The first-order valence-electron chi connectivity index (χ1n) is 8.69. The summed E-state index contributed by atoms with van der Waals surface area (Å²) in [7, 11) is 0. The number of aliphatic hydroxyl groups is 1. The second-order valence-corrected chi connectivity index (χ2v) is 7.46. The number of amides is 2. The van der Waals surface area contributed by atoms with Gasteiger partial charge in [0.1, 0.15) is 0 Å². The van der Waals surface area contributed by atoms with E-state index in [2.05, 4.69) is 29.0 Å². The monoisotopic (exact) mass is 334 g/mol. The van der Waals surface area contributed by atoms with E-state index in [1.54, 1.807) is 6.92 Å². The predicted octanol–water partition coefficient (Wildman–Crippen LogP) is 1.71. The lowest BCUT2D eigenvalue weighted by molar-refractivity contribution is 0.118. The van der Waals surface area contributed by atoms with E-state index in [1.807, 2.05) is 29.3 Å². The van der Waals surface area contributed by atoms with Crippen molar-refractivity contribution in [2.75, 3.05) is 32.7 Å². The van der Waals surface area contributed by atoms with Gasteiger partial charge in [-0.1, -0.05) is 19.9 Å². The molecule has 2 amide bonds. The molecule has 0 spiro atoms. The van der Waals surface area contributed by atoms with Crippen molar-refractivity contribution in [3.05, 3.63) is 30.1 Å². The fourth-order valence-electron chi connectivity index (χ4n) is 3.13. The first-order valence-corrected chi connectivity index (χ1v) is 8.69. The number of hydrogen-bond donors (Lipinski definition) is 2. The summed E-state index contributed by atoms with van der Waals surface area (Å²) in [4.78, 5) is 20.9. The maximum Gasteiger partial charge on any atom is 0.317 e. The first-order chi connectivity index (χ1) is 11.4. The Kier molecular flexibility index (Phi) is 6.57. The van der Waals surface area contributed by atoms with Crippen molar-refractivity contribution < 1.29 is 9.90 Å². The fourth-order valence-corrected chi connectivity index (χ4v) is 3.13. The molecule has 1 aromatic rings. The molecule has 1 unspecified atom stereocenters. The van der Waals surface area contributed by atoms with Crippen LogP contribution in [0.5, 0.6) is 0 Å². The summed E-state index contributed by atoms with van der Waals surface area (Å²) >= 11 is 0. The maximum atomic E-state index is 12.3. The van der Waals surface area contributed by atoms with E-state index in [-0.39, 0.29) is 17.6 Å². The molecule has 0 saturated carbocycles. The van der Waals surface area contributed by atoms with E-state index in [0.717, 1.165) is 38.4 Å². The minimum absolute atomic E-state index is 0.00819. The minimum atomic E-state index is -0.355. The van der Waals surface area contributed by atoms with E-state index >= 15 is 0 Å². The molecule has 0 aliphatic carbocycles. The molecule has 134 valence electrons. The van der Waals surface area contributed by atoms with Crippen molar-refractivity contribution in [1.29, 1.82) is 0 Å². The average Bonchev–Trinajstić information content (AvgIpc) is 2.53. The normalized spacial score (nSPS) is 17.6. The van der Waals surface area contributed by atoms with Crippen molar-refractivity contribution in [3.8, 4) is 0 Å². The Morgan fingerprint density at radius 1 is 1.33 bits per heavy atom. The summed E-state index contributed by atoms with van der Waals surface area (Å²) in [5.74, 6) is 0. The van der Waals surface area contributed by atoms with Crippen LogP contribution >= 0.6 is 0 Å². The first kappa shape index (κ1) is 18.7. The van der Waals surface area contributed by atoms with Gasteiger partial charge in [-0.25, -0.2) is 4.79 Å². The molecule has 2 rings (SSSR count). The van der Waals surface area contributed by atoms with Crippen LogP contribution in [-0.2, 0) is 6.54 Å². The second-order valence-electron chi connectivity index (χ2n) is 7.46. The lowest BCUT2D eigenvalue weighted by atomic mass is 9.87. The molecule has 6 nitrogen and oxygen atoms in total. The van der Waals surface area contributed by atoms with E-state index in [1.165, 1.54) is 0 Å². The Hall–Kier alpha value is -1.66. The van der Waals surface area contributed by atoms with Crippen LogP contribution in [0.3, 0.4) is 0 Å². The van der Waals surface area contributed by atoms with Gasteiger partial charge >= 0.3 is 6.03 Å². The summed E-state index contributed by atoms with van der Waals surface area (Å²) in [6.45, 7) is 10.5. The summed E-state index contributed by atoms with van der Waals surface area (Å²) in [6, 6.07) is 5.95. The number of piperazine rings is 1. The number of carbonyl (C=O) groups excluding carboxylic acids is 1. The zero-order chi connectivity index (χ0) is 17.6. The highest BCUT2D eigenvalue weighted by Crippen LogP contribution is 2.21. The van der Waals surface area contributed by atoms with Crippen LogP contribution in [0.4, 0.5) is 4.79 Å². The average molecular weight is 334 g/mol. The van der Waals surface area contributed by atoms with Crippen LogP contribution in [0, 0.1) is 5.41 Å². The van der Waals surface area contributed by atoms with Crippen LogP contribution in [-0.4, -0.2) is 64.7 Å². The highest BCUT2D eigenvalue weighted by molar-refractivity contribution is 5.74. The van der Waals surface area contributed by atoms with Gasteiger partial charge in [0, 0.05) is 45.5 Å². The molecule has 1 aromatic heterocycles. The third-order valence-corrected chi connectivity index (χ3v) is 4.34. The quantitative estimate of drug-likeness (QED) is 0.831. The van der Waals surface area contributed by atoms with Crippen LogP contribution in [0.2, 0.25) is 0 Å². The molecule has 0 aromatic carbocycles. The Morgan fingerprint density at radius 3 is 2.62 bits per heavy atom. The Balaban J connectivity index is 1.72. The third-order valence-electron chi connectivity index (χ3n) is 4.34. The van der Waals surface area contributed by atoms with Crippen LogP contribution in [0.15, 0.2) is 24.4 Å². The molecule has 1 atom stereocenters. The van der Waals surface area contributed by atoms with Gasteiger partial charge < -0.3 is 15.3 Å². The summed E-state index contributed by atoms with van der Waals surface area (Å²) in [6.07, 6.45) is 2.13. The van der Waals surface area contributed by atoms with E-state index in [0.29, 0.717) is 13.0 Å². The number of pyridine rings is 1. The SMILES string of the molecule is CC(O)CC(C)(C)CNC(=O)N1CCN(Cc2ccccn2)CC1. The lowest BCUT2D eigenvalue weighted by Gasteiger charge is -2.35. The summed E-state index contributed by atoms with van der Waals surface area (Å²) < 4.78 is 0. The molecule has 1 saturated heterocycles. The molecule has 24 heavy (non-hydrogen) atoms. The molecule has 1 aliphatic heterocycles. The molecular weight excluding hydrogens is 304 g/mol. The van der Waals surface area contributed by atoms with Gasteiger partial charge in [-0.3, -0.25) is 9.88 Å². The van der Waals surface area contributed by atoms with Crippen molar-refractivity contribution in [1.82, 2.24) is 20.1 Å². The Morgan fingerprint density at radius 2 is 2.04 bits per heavy atom. The lowest BCUT2D eigenvalue weighted by Crippen LogP contribution is -2.52. The molecule has 0 radical (unpaired) electrons. The standard InChI is InChI=1S/C18H30N4O2/c1-15(23)12-18(2,3)14-20-17(24)22-10-8-21(9-11-22)13-16-6-4-5-7-19-16/h4-7,15,23H,8-14H2,1-3H3,(H,20,24). The Labute approximate surface area is 144 Å². The van der Waals surface area contributed by atoms with Gasteiger partial charge in [-0.15, -0.1) is 0 Å². The van der Waals surface area contributed by atoms with Gasteiger partial charge in [0.2, 0.25) is 0 Å². The zero-order valence-corrected chi connectivity index (χ0v) is 15.0. The van der Waals surface area contributed by atoms with Crippen LogP contribution < -0.4 is 5.32 Å². The molecule has 6 heteroatoms. The molecule has 2 heterocycles. The summed E-state index contributed by atoms with van der Waals surface area (Å²) in [5, 5.41) is 12.5. The van der Waals surface area contributed by atoms with Crippen molar-refractivity contribution >= 4 is 6.03 Å². The number of carbonyl (C=O) groups is 1. The second kappa shape index (κ2) is 8.44. The minimum Gasteiger partial charge on any atom is -0.393 e. The van der Waals surface area contributed by atoms with Gasteiger partial charge in [-0.05, 0) is 30.9 Å². The van der Waals surface area contributed by atoms with E-state index in [4.69, 9.17) is 0 Å². The zero-order valence-electron chi connectivity index (χ0n) is 15.0. The fraction of sp³-hybridized carbons (Fsp3) is 0.667. The molecule has 1 aliphatic rings. The van der Waals surface area contributed by atoms with Crippen LogP contribution in [0.25, 0.3) is 0 Å². The smallest absolute Gasteiger partial charge is 0.317 e. The molecule has 2 N–H and O–H groups in total. The summed E-state index contributed by atoms with van der Waals surface area (Å²) in [5.41, 5.74) is 0.959. The third kappa shape index (κ3) is 6.09. The Bertz CT molecular complexity index is 511. The number of aliphatic hydroxyl groups excluding tert-OH is 1. The van der Waals surface area contributed by atoms with Gasteiger partial charge in [0.05, 0.1) is 11.8 Å². The van der Waals surface area contributed by atoms with Gasteiger partial charge in [0.25, 0.3) is 0 Å².